The van der Waals surface area contributed by atoms with E-state index in [1.54, 1.807) is 4.90 Å². The van der Waals surface area contributed by atoms with E-state index in [4.69, 9.17) is 0 Å². The normalized spacial score (nSPS) is 19.5. The molecule has 31 heavy (non-hydrogen) atoms. The van der Waals surface area contributed by atoms with Crippen molar-refractivity contribution in [3.05, 3.63) is 47.2 Å². The van der Waals surface area contributed by atoms with Crippen LogP contribution in [-0.2, 0) is 9.59 Å². The zero-order valence-electron chi connectivity index (χ0n) is 20.5. The predicted molar refractivity (Wildman–Crippen MR) is 128 cm³/mol. The summed E-state index contributed by atoms with van der Waals surface area (Å²) in [4.78, 5) is 26.7. The maximum Gasteiger partial charge on any atom is 0.271 e. The first kappa shape index (κ1) is 26.7. The van der Waals surface area contributed by atoms with Crippen LogP contribution in [0.3, 0.4) is 0 Å². The number of carbonyl (C=O) groups excluding carboxylic acids is 2. The summed E-state index contributed by atoms with van der Waals surface area (Å²) in [5.74, 6) is -0.175. The molecule has 6 heteroatoms. The molecule has 3 rings (SSSR count). The number of hydrogen-bond donors (Lipinski definition) is 2. The zero-order valence-corrected chi connectivity index (χ0v) is 20.5. The van der Waals surface area contributed by atoms with Gasteiger partial charge < -0.3 is 10.2 Å². The largest absolute Gasteiger partial charge is 0.355 e. The monoisotopic (exact) mass is 430 g/mol. The first-order chi connectivity index (χ1) is 15.0. The van der Waals surface area contributed by atoms with E-state index in [1.807, 2.05) is 45.7 Å². The molecule has 1 saturated heterocycles. The first-order valence-corrected chi connectivity index (χ1v) is 11.9. The lowest BCUT2D eigenvalue weighted by molar-refractivity contribution is -0.138. The molecular weight excluding hydrogens is 388 g/mol. The van der Waals surface area contributed by atoms with Gasteiger partial charge in [-0.1, -0.05) is 77.3 Å². The number of nitrogens with one attached hydrogen (secondary N) is 2. The Kier molecular flexibility index (Phi) is 11.9. The first-order valence-electron chi connectivity index (χ1n) is 11.9. The Morgan fingerprint density at radius 3 is 2.35 bits per heavy atom. The Bertz CT molecular complexity index is 715. The molecular formula is C25H42N4O2. The molecule has 2 atom stereocenters. The Morgan fingerprint density at radius 1 is 1.13 bits per heavy atom. The van der Waals surface area contributed by atoms with Crippen LogP contribution in [0, 0.1) is 6.92 Å². The molecule has 1 aromatic carbocycles. The molecule has 2 aliphatic heterocycles. The number of hydrogen-bond acceptors (Lipinski definition) is 4. The smallest absolute Gasteiger partial charge is 0.271 e. The minimum atomic E-state index is -0.102. The van der Waals surface area contributed by atoms with Gasteiger partial charge in [-0.05, 0) is 31.9 Å². The average Bonchev–Trinajstić information content (AvgIpc) is 3.24. The fourth-order valence-corrected chi connectivity index (χ4v) is 3.72. The summed E-state index contributed by atoms with van der Waals surface area (Å²) in [6, 6.07) is 8.54. The van der Waals surface area contributed by atoms with Crippen molar-refractivity contribution in [2.75, 3.05) is 19.6 Å². The molecule has 2 amide bonds. The third-order valence-electron chi connectivity index (χ3n) is 5.20. The topological polar surface area (TPSA) is 64.7 Å². The number of piperazine rings is 1. The molecule has 2 aliphatic rings. The van der Waals surface area contributed by atoms with Crippen molar-refractivity contribution in [2.45, 2.75) is 79.8 Å². The van der Waals surface area contributed by atoms with Gasteiger partial charge in [-0.25, -0.2) is 5.43 Å². The number of carbonyl (C=O) groups is 2. The van der Waals surface area contributed by atoms with Gasteiger partial charge in [0.15, 0.2) is 0 Å². The molecule has 0 saturated carbocycles. The van der Waals surface area contributed by atoms with Crippen LogP contribution in [0.5, 0.6) is 0 Å². The maximum absolute atomic E-state index is 13.0. The zero-order chi connectivity index (χ0) is 23.4. The lowest BCUT2D eigenvalue weighted by Gasteiger charge is -2.41. The Morgan fingerprint density at radius 2 is 1.77 bits per heavy atom. The van der Waals surface area contributed by atoms with Crippen LogP contribution in [0.2, 0.25) is 0 Å². The van der Waals surface area contributed by atoms with E-state index in [2.05, 4.69) is 48.9 Å². The summed E-state index contributed by atoms with van der Waals surface area (Å²) in [6.45, 7) is 15.4. The van der Waals surface area contributed by atoms with Crippen LogP contribution in [0.25, 0.3) is 0 Å². The van der Waals surface area contributed by atoms with Crippen LogP contribution in [0.15, 0.2) is 36.0 Å². The highest BCUT2D eigenvalue weighted by Gasteiger charge is 2.40. The Balaban J connectivity index is 0.00000113. The van der Waals surface area contributed by atoms with Gasteiger partial charge in [0.25, 0.3) is 5.91 Å². The fraction of sp³-hybridized carbons (Fsp3) is 0.600. The van der Waals surface area contributed by atoms with E-state index >= 15 is 0 Å². The molecule has 0 spiro atoms. The summed E-state index contributed by atoms with van der Waals surface area (Å²) < 4.78 is 0. The summed E-state index contributed by atoms with van der Waals surface area (Å²) in [5, 5.41) is 4.83. The van der Waals surface area contributed by atoms with E-state index in [9.17, 15) is 9.59 Å². The summed E-state index contributed by atoms with van der Waals surface area (Å²) in [7, 11) is 0. The van der Waals surface area contributed by atoms with Gasteiger partial charge >= 0.3 is 0 Å². The summed E-state index contributed by atoms with van der Waals surface area (Å²) >= 11 is 0. The highest BCUT2D eigenvalue weighted by Crippen LogP contribution is 2.32. The third kappa shape index (κ3) is 7.10. The standard InChI is InChI=1S/C21H30N4O2.2C2H6/c1-4-6-7-17-13-24(14-20(26)22-5-2)21(27)19-12-18(23-25(17)19)16-10-8-15(3)9-11-16;2*1-2/h8-12,17-18,23H,4-7,13-14H2,1-3H3,(H,22,26);2*1-2H3. The molecule has 6 nitrogen and oxygen atoms in total. The number of benzene rings is 1. The number of rotatable bonds is 7. The molecule has 0 aliphatic carbocycles. The fourth-order valence-electron chi connectivity index (χ4n) is 3.72. The lowest BCUT2D eigenvalue weighted by Crippen LogP contribution is -2.58. The minimum absolute atomic E-state index is 0.0157. The third-order valence-corrected chi connectivity index (χ3v) is 5.20. The van der Waals surface area contributed by atoms with Crippen molar-refractivity contribution in [2.24, 2.45) is 0 Å². The molecule has 2 N–H and O–H groups in total. The number of hydrazine groups is 1. The van der Waals surface area contributed by atoms with Crippen LogP contribution >= 0.6 is 0 Å². The van der Waals surface area contributed by atoms with Crippen molar-refractivity contribution in [1.29, 1.82) is 0 Å². The number of fused-ring (bicyclic) bond motifs is 1. The molecule has 2 heterocycles. The highest BCUT2D eigenvalue weighted by atomic mass is 16.2. The van der Waals surface area contributed by atoms with Crippen molar-refractivity contribution < 1.29 is 9.59 Å². The van der Waals surface area contributed by atoms with Crippen LogP contribution < -0.4 is 10.7 Å². The predicted octanol–water partition coefficient (Wildman–Crippen LogP) is 4.33. The van der Waals surface area contributed by atoms with Gasteiger partial charge in [-0.2, -0.15) is 0 Å². The summed E-state index contributed by atoms with van der Waals surface area (Å²) in [6.07, 6.45) is 5.18. The molecule has 2 unspecified atom stereocenters. The second-order valence-corrected chi connectivity index (χ2v) is 7.37. The van der Waals surface area contributed by atoms with E-state index in [-0.39, 0.29) is 30.4 Å². The maximum atomic E-state index is 13.0. The number of nitrogens with zero attached hydrogens (tertiary/aromatic N) is 2. The second kappa shape index (κ2) is 13.9. The van der Waals surface area contributed by atoms with Gasteiger partial charge in [0, 0.05) is 13.1 Å². The number of unbranched alkanes of at least 4 members (excludes halogenated alkanes) is 1. The van der Waals surface area contributed by atoms with Crippen molar-refractivity contribution in [3.63, 3.8) is 0 Å². The Hall–Kier alpha value is -2.34. The van der Waals surface area contributed by atoms with Crippen molar-refractivity contribution in [1.82, 2.24) is 20.7 Å². The van der Waals surface area contributed by atoms with E-state index in [0.717, 1.165) is 24.8 Å². The van der Waals surface area contributed by atoms with Gasteiger partial charge in [0.2, 0.25) is 5.91 Å². The van der Waals surface area contributed by atoms with Gasteiger partial charge in [-0.15, -0.1) is 0 Å². The minimum Gasteiger partial charge on any atom is -0.355 e. The highest BCUT2D eigenvalue weighted by molar-refractivity contribution is 5.96. The molecule has 1 aromatic rings. The summed E-state index contributed by atoms with van der Waals surface area (Å²) in [5.41, 5.74) is 6.53. The molecule has 1 fully saturated rings. The van der Waals surface area contributed by atoms with E-state index < -0.39 is 0 Å². The van der Waals surface area contributed by atoms with Gasteiger partial charge in [0.05, 0.1) is 18.6 Å². The second-order valence-electron chi connectivity index (χ2n) is 7.37. The van der Waals surface area contributed by atoms with Crippen LogP contribution in [-0.4, -0.2) is 47.4 Å². The Labute approximate surface area is 189 Å². The lowest BCUT2D eigenvalue weighted by atomic mass is 10.0. The molecule has 0 aromatic heterocycles. The van der Waals surface area contributed by atoms with E-state index in [1.165, 1.54) is 5.56 Å². The van der Waals surface area contributed by atoms with Crippen molar-refractivity contribution >= 4 is 11.8 Å². The van der Waals surface area contributed by atoms with Crippen LogP contribution in [0.1, 0.15) is 78.0 Å². The van der Waals surface area contributed by atoms with Crippen molar-refractivity contribution in [3.8, 4) is 0 Å². The molecule has 174 valence electrons. The number of aryl methyl sites for hydroxylation is 1. The number of likely N-dealkylation sites (N-methyl/N-ethyl adjacent to an activating group) is 1. The van der Waals surface area contributed by atoms with E-state index in [0.29, 0.717) is 18.8 Å². The van der Waals surface area contributed by atoms with Gasteiger partial charge in [0.1, 0.15) is 5.70 Å². The molecule has 0 bridgehead atoms. The average molecular weight is 431 g/mol. The SMILES string of the molecule is CC.CC.CCCCC1CN(CC(=O)NCC)C(=O)C2=CC(c3ccc(C)cc3)NN21. The number of amides is 2. The quantitative estimate of drug-likeness (QED) is 0.676. The van der Waals surface area contributed by atoms with Gasteiger partial charge in [-0.3, -0.25) is 14.6 Å². The molecule has 0 radical (unpaired) electrons. The van der Waals surface area contributed by atoms with Crippen LogP contribution in [0.4, 0.5) is 0 Å².